The van der Waals surface area contributed by atoms with Crippen molar-refractivity contribution in [1.82, 2.24) is 0 Å². The second-order valence-electron chi connectivity index (χ2n) is 6.67. The van der Waals surface area contributed by atoms with Gasteiger partial charge in [-0.05, 0) is 50.8 Å². The standard InChI is InChI=1S/C16H17N.C4H8O.C3H6/c1-13-11-15-9-5-6-10-16(15)17(13)12-14-7-3-2-4-8-14;1-4-2-3-5-4;1-3-2/h2-10,13H,11-12H2,1H3;4H,2-3H2,1H3;3H,1H2,2H3. The molecule has 2 aromatic carbocycles. The molecule has 4 rings (SSSR count). The van der Waals surface area contributed by atoms with Gasteiger partial charge in [0.2, 0.25) is 0 Å². The Morgan fingerprint density at radius 3 is 2.20 bits per heavy atom. The molecule has 0 aliphatic carbocycles. The smallest absolute Gasteiger partial charge is 0.0568 e. The maximum atomic E-state index is 4.93. The highest BCUT2D eigenvalue weighted by atomic mass is 16.5. The summed E-state index contributed by atoms with van der Waals surface area (Å²) in [7, 11) is 0. The van der Waals surface area contributed by atoms with Crippen LogP contribution in [-0.4, -0.2) is 18.8 Å². The summed E-state index contributed by atoms with van der Waals surface area (Å²) in [5.41, 5.74) is 4.27. The molecule has 2 nitrogen and oxygen atoms in total. The van der Waals surface area contributed by atoms with Crippen molar-refractivity contribution < 1.29 is 4.74 Å². The number of rotatable bonds is 2. The van der Waals surface area contributed by atoms with E-state index in [2.05, 4.69) is 79.9 Å². The van der Waals surface area contributed by atoms with Crippen molar-refractivity contribution in [1.29, 1.82) is 0 Å². The maximum absolute atomic E-state index is 4.93. The van der Waals surface area contributed by atoms with Crippen LogP contribution in [0.25, 0.3) is 0 Å². The molecule has 1 fully saturated rings. The van der Waals surface area contributed by atoms with Crippen LogP contribution in [-0.2, 0) is 17.7 Å². The lowest BCUT2D eigenvalue weighted by molar-refractivity contribution is -0.0375. The first-order valence-electron chi connectivity index (χ1n) is 9.22. The molecule has 0 aromatic heterocycles. The van der Waals surface area contributed by atoms with Gasteiger partial charge < -0.3 is 9.64 Å². The van der Waals surface area contributed by atoms with Crippen molar-refractivity contribution in [2.45, 2.75) is 52.3 Å². The first-order chi connectivity index (χ1) is 12.2. The van der Waals surface area contributed by atoms with Crippen molar-refractivity contribution in [3.63, 3.8) is 0 Å². The third-order valence-corrected chi connectivity index (χ3v) is 4.47. The second kappa shape index (κ2) is 10.0. The van der Waals surface area contributed by atoms with Gasteiger partial charge in [-0.1, -0.05) is 54.6 Å². The predicted octanol–water partition coefficient (Wildman–Crippen LogP) is 5.63. The van der Waals surface area contributed by atoms with Crippen molar-refractivity contribution in [3.05, 3.63) is 78.4 Å². The zero-order valence-corrected chi connectivity index (χ0v) is 15.8. The molecular formula is C23H31NO. The highest BCUT2D eigenvalue weighted by Crippen LogP contribution is 2.32. The van der Waals surface area contributed by atoms with Crippen LogP contribution < -0.4 is 4.90 Å². The van der Waals surface area contributed by atoms with Gasteiger partial charge in [-0.2, -0.15) is 0 Å². The molecule has 134 valence electrons. The van der Waals surface area contributed by atoms with Crippen molar-refractivity contribution in [2.24, 2.45) is 0 Å². The maximum Gasteiger partial charge on any atom is 0.0568 e. The molecule has 0 saturated carbocycles. The van der Waals surface area contributed by atoms with Crippen LogP contribution in [0.3, 0.4) is 0 Å². The van der Waals surface area contributed by atoms with Gasteiger partial charge in [0.05, 0.1) is 6.10 Å². The Bertz CT molecular complexity index is 634. The minimum atomic E-state index is 0.565. The number of allylic oxidation sites excluding steroid dienone is 1. The highest BCUT2D eigenvalue weighted by Gasteiger charge is 2.25. The van der Waals surface area contributed by atoms with Crippen LogP contribution in [0, 0.1) is 0 Å². The minimum Gasteiger partial charge on any atom is -0.378 e. The zero-order valence-electron chi connectivity index (χ0n) is 15.8. The van der Waals surface area contributed by atoms with Crippen molar-refractivity contribution >= 4 is 5.69 Å². The van der Waals surface area contributed by atoms with Gasteiger partial charge in [-0.25, -0.2) is 0 Å². The molecule has 2 aliphatic heterocycles. The number of fused-ring (bicyclic) bond motifs is 1. The second-order valence-corrected chi connectivity index (χ2v) is 6.67. The molecule has 0 bridgehead atoms. The predicted molar refractivity (Wildman–Crippen MR) is 108 cm³/mol. The summed E-state index contributed by atoms with van der Waals surface area (Å²) in [6.45, 7) is 11.6. The van der Waals surface area contributed by atoms with E-state index in [0.717, 1.165) is 13.2 Å². The fraction of sp³-hybridized carbons (Fsp3) is 0.391. The van der Waals surface area contributed by atoms with E-state index in [1.54, 1.807) is 6.08 Å². The molecule has 0 amide bonds. The van der Waals surface area contributed by atoms with Gasteiger partial charge >= 0.3 is 0 Å². The summed E-state index contributed by atoms with van der Waals surface area (Å²) in [4.78, 5) is 2.50. The lowest BCUT2D eigenvalue weighted by Gasteiger charge is -2.25. The van der Waals surface area contributed by atoms with Crippen LogP contribution >= 0.6 is 0 Å². The van der Waals surface area contributed by atoms with Crippen LogP contribution in [0.5, 0.6) is 0 Å². The van der Waals surface area contributed by atoms with E-state index in [9.17, 15) is 0 Å². The Kier molecular flexibility index (Phi) is 7.75. The van der Waals surface area contributed by atoms with Crippen LogP contribution in [0.4, 0.5) is 5.69 Å². The van der Waals surface area contributed by atoms with Crippen molar-refractivity contribution in [3.8, 4) is 0 Å². The van der Waals surface area contributed by atoms with Crippen LogP contribution in [0.1, 0.15) is 38.3 Å². The number of benzene rings is 2. The van der Waals surface area contributed by atoms with E-state index in [-0.39, 0.29) is 0 Å². The van der Waals surface area contributed by atoms with E-state index in [1.807, 2.05) is 6.92 Å². The Hall–Kier alpha value is -2.06. The Balaban J connectivity index is 0.000000235. The molecular weight excluding hydrogens is 306 g/mol. The molecule has 25 heavy (non-hydrogen) atoms. The molecule has 2 unspecified atom stereocenters. The summed E-state index contributed by atoms with van der Waals surface area (Å²) in [6, 6.07) is 20.1. The van der Waals surface area contributed by atoms with E-state index in [0.29, 0.717) is 12.1 Å². The van der Waals surface area contributed by atoms with E-state index >= 15 is 0 Å². The topological polar surface area (TPSA) is 12.5 Å². The lowest BCUT2D eigenvalue weighted by atomic mass is 10.1. The zero-order chi connectivity index (χ0) is 18.1. The third-order valence-electron chi connectivity index (χ3n) is 4.47. The summed E-state index contributed by atoms with van der Waals surface area (Å²) >= 11 is 0. The molecule has 0 spiro atoms. The Morgan fingerprint density at radius 1 is 1.08 bits per heavy atom. The molecule has 0 radical (unpaired) electrons. The Labute approximate surface area is 153 Å². The lowest BCUT2D eigenvalue weighted by Crippen LogP contribution is -2.28. The first-order valence-corrected chi connectivity index (χ1v) is 9.22. The van der Waals surface area contributed by atoms with Gasteiger partial charge in [0.15, 0.2) is 0 Å². The third kappa shape index (κ3) is 5.75. The molecule has 1 saturated heterocycles. The monoisotopic (exact) mass is 337 g/mol. The van der Waals surface area contributed by atoms with Gasteiger partial charge in [0.25, 0.3) is 0 Å². The van der Waals surface area contributed by atoms with Crippen LogP contribution in [0.2, 0.25) is 0 Å². The van der Waals surface area contributed by atoms with E-state index in [1.165, 1.54) is 29.7 Å². The quantitative estimate of drug-likeness (QED) is 0.659. The van der Waals surface area contributed by atoms with E-state index < -0.39 is 0 Å². The van der Waals surface area contributed by atoms with Gasteiger partial charge in [-0.15, -0.1) is 6.58 Å². The fourth-order valence-corrected chi connectivity index (χ4v) is 3.00. The van der Waals surface area contributed by atoms with Gasteiger partial charge in [0.1, 0.15) is 0 Å². The summed E-state index contributed by atoms with van der Waals surface area (Å²) in [5.74, 6) is 0. The van der Waals surface area contributed by atoms with Gasteiger partial charge in [0, 0.05) is 24.9 Å². The first kappa shape index (κ1) is 19.3. The summed E-state index contributed by atoms with van der Waals surface area (Å²) < 4.78 is 4.93. The number of hydrogen-bond acceptors (Lipinski definition) is 2. The number of anilines is 1. The highest BCUT2D eigenvalue weighted by molar-refractivity contribution is 5.59. The molecule has 2 aromatic rings. The molecule has 2 aliphatic rings. The minimum absolute atomic E-state index is 0.565. The number of nitrogens with zero attached hydrogens (tertiary/aromatic N) is 1. The largest absolute Gasteiger partial charge is 0.378 e. The van der Waals surface area contributed by atoms with Gasteiger partial charge in [-0.3, -0.25) is 0 Å². The van der Waals surface area contributed by atoms with E-state index in [4.69, 9.17) is 4.74 Å². The summed E-state index contributed by atoms with van der Waals surface area (Å²) in [6.07, 6.45) is 4.75. The fourth-order valence-electron chi connectivity index (χ4n) is 3.00. The Morgan fingerprint density at radius 2 is 1.64 bits per heavy atom. The SMILES string of the molecule is C=CC.CC1CCO1.CC1Cc2ccccc2N1Cc1ccccc1. The number of hydrogen-bond donors (Lipinski definition) is 0. The molecule has 0 N–H and O–H groups in total. The average Bonchev–Trinajstić information content (AvgIpc) is 2.91. The molecule has 2 atom stereocenters. The normalized spacial score (nSPS) is 20.2. The average molecular weight is 338 g/mol. The summed E-state index contributed by atoms with van der Waals surface area (Å²) in [5, 5.41) is 0. The number of ether oxygens (including phenoxy) is 1. The molecule has 2 heterocycles. The van der Waals surface area contributed by atoms with Crippen LogP contribution in [0.15, 0.2) is 67.3 Å². The van der Waals surface area contributed by atoms with Crippen molar-refractivity contribution in [2.75, 3.05) is 11.5 Å². The number of para-hydroxylation sites is 1. The molecule has 2 heteroatoms.